The summed E-state index contributed by atoms with van der Waals surface area (Å²) in [6.07, 6.45) is 4.72. The lowest BCUT2D eigenvalue weighted by Gasteiger charge is -2.46. The van der Waals surface area contributed by atoms with Gasteiger partial charge in [-0.05, 0) is 43.1 Å². The summed E-state index contributed by atoms with van der Waals surface area (Å²) in [6.45, 7) is 0.616. The van der Waals surface area contributed by atoms with Gasteiger partial charge in [0.1, 0.15) is 12.6 Å². The number of piperidine rings is 1. The van der Waals surface area contributed by atoms with Gasteiger partial charge in [-0.25, -0.2) is 4.79 Å². The summed E-state index contributed by atoms with van der Waals surface area (Å²) in [5, 5.41) is 6.03. The van der Waals surface area contributed by atoms with Crippen LogP contribution in [-0.2, 0) is 16.1 Å². The molecule has 4 rings (SSSR count). The van der Waals surface area contributed by atoms with Crippen LogP contribution in [0.2, 0.25) is 0 Å². The Bertz CT molecular complexity index is 1030. The zero-order valence-corrected chi connectivity index (χ0v) is 18.6. The van der Waals surface area contributed by atoms with Gasteiger partial charge in [-0.2, -0.15) is 0 Å². The number of carbonyl (C=O) groups is 3. The second-order valence-electron chi connectivity index (χ2n) is 7.96. The summed E-state index contributed by atoms with van der Waals surface area (Å²) < 4.78 is 10.5. The van der Waals surface area contributed by atoms with Gasteiger partial charge in [-0.1, -0.05) is 6.07 Å². The molecule has 4 amide bonds. The second kappa shape index (κ2) is 9.86. The number of urea groups is 1. The Morgan fingerprint density at radius 3 is 2.76 bits per heavy atom. The van der Waals surface area contributed by atoms with E-state index in [9.17, 15) is 14.4 Å². The van der Waals surface area contributed by atoms with E-state index in [4.69, 9.17) is 9.47 Å². The number of anilines is 1. The van der Waals surface area contributed by atoms with Crippen LogP contribution in [0.4, 0.5) is 10.5 Å². The van der Waals surface area contributed by atoms with Crippen LogP contribution in [0, 0.1) is 0 Å². The van der Waals surface area contributed by atoms with E-state index in [1.165, 1.54) is 24.0 Å². The number of amides is 4. The highest BCUT2D eigenvalue weighted by Gasteiger charge is 2.47. The van der Waals surface area contributed by atoms with Gasteiger partial charge < -0.3 is 25.0 Å². The maximum Gasteiger partial charge on any atom is 0.327 e. The number of hydrogen-bond donors (Lipinski definition) is 2. The van der Waals surface area contributed by atoms with Crippen molar-refractivity contribution in [2.24, 2.45) is 0 Å². The monoisotopic (exact) mass is 453 g/mol. The third-order valence-electron chi connectivity index (χ3n) is 5.88. The molecule has 1 aromatic carbocycles. The number of nitrogens with zero attached hydrogens (tertiary/aromatic N) is 3. The minimum absolute atomic E-state index is 0.101. The number of carbonyl (C=O) groups excluding carboxylic acids is 3. The second-order valence-corrected chi connectivity index (χ2v) is 7.96. The SMILES string of the molecule is COc1ccc(NC(=O)CN2C(=O)N(Cc3cccnc3)C(=O)C3NCCCC32)cc1OC. The van der Waals surface area contributed by atoms with Crippen molar-refractivity contribution in [2.75, 3.05) is 32.6 Å². The van der Waals surface area contributed by atoms with Gasteiger partial charge in [0, 0.05) is 24.1 Å². The van der Waals surface area contributed by atoms with Gasteiger partial charge >= 0.3 is 6.03 Å². The van der Waals surface area contributed by atoms with Crippen molar-refractivity contribution >= 4 is 23.5 Å². The van der Waals surface area contributed by atoms with E-state index in [1.807, 2.05) is 6.07 Å². The topological polar surface area (TPSA) is 113 Å². The lowest BCUT2D eigenvalue weighted by molar-refractivity contribution is -0.138. The van der Waals surface area contributed by atoms with Crippen molar-refractivity contribution < 1.29 is 23.9 Å². The molecule has 2 unspecified atom stereocenters. The summed E-state index contributed by atoms with van der Waals surface area (Å²) in [7, 11) is 3.05. The molecule has 2 atom stereocenters. The van der Waals surface area contributed by atoms with E-state index in [1.54, 1.807) is 36.7 Å². The van der Waals surface area contributed by atoms with Crippen molar-refractivity contribution in [2.45, 2.75) is 31.5 Å². The average Bonchev–Trinajstić information content (AvgIpc) is 2.85. The van der Waals surface area contributed by atoms with Crippen LogP contribution in [0.3, 0.4) is 0 Å². The number of fused-ring (bicyclic) bond motifs is 1. The highest BCUT2D eigenvalue weighted by atomic mass is 16.5. The van der Waals surface area contributed by atoms with Crippen LogP contribution in [0.1, 0.15) is 18.4 Å². The Kier molecular flexibility index (Phi) is 6.74. The molecular formula is C23H27N5O5. The minimum atomic E-state index is -0.540. The predicted molar refractivity (Wildman–Crippen MR) is 120 cm³/mol. The summed E-state index contributed by atoms with van der Waals surface area (Å²) in [5.74, 6) is 0.386. The van der Waals surface area contributed by atoms with Crippen molar-refractivity contribution in [3.05, 3.63) is 48.3 Å². The smallest absolute Gasteiger partial charge is 0.327 e. The van der Waals surface area contributed by atoms with Gasteiger partial charge in [0.25, 0.3) is 0 Å². The van der Waals surface area contributed by atoms with Gasteiger partial charge in [0.2, 0.25) is 11.8 Å². The molecule has 0 spiro atoms. The van der Waals surface area contributed by atoms with Crippen LogP contribution < -0.4 is 20.1 Å². The lowest BCUT2D eigenvalue weighted by Crippen LogP contribution is -2.70. The molecule has 10 heteroatoms. The van der Waals surface area contributed by atoms with E-state index < -0.39 is 12.1 Å². The van der Waals surface area contributed by atoms with Gasteiger partial charge in [0.05, 0.1) is 26.8 Å². The fourth-order valence-corrected chi connectivity index (χ4v) is 4.29. The molecule has 0 radical (unpaired) electrons. The van der Waals surface area contributed by atoms with Crippen molar-refractivity contribution in [3.63, 3.8) is 0 Å². The normalized spacial score (nSPS) is 20.3. The number of imide groups is 1. The fourth-order valence-electron chi connectivity index (χ4n) is 4.29. The van der Waals surface area contributed by atoms with Crippen molar-refractivity contribution in [1.29, 1.82) is 0 Å². The molecule has 2 aliphatic heterocycles. The molecule has 3 heterocycles. The molecule has 2 aromatic rings. The molecular weight excluding hydrogens is 426 g/mol. The highest BCUT2D eigenvalue weighted by Crippen LogP contribution is 2.30. The van der Waals surface area contributed by atoms with Crippen LogP contribution in [0.5, 0.6) is 11.5 Å². The van der Waals surface area contributed by atoms with Crippen LogP contribution in [0.25, 0.3) is 0 Å². The zero-order valence-electron chi connectivity index (χ0n) is 18.6. The first kappa shape index (κ1) is 22.5. The standard InChI is InChI=1S/C23H27N5O5/c1-32-18-8-7-16(11-19(18)33-2)26-20(29)14-27-17-6-4-10-25-21(17)22(30)28(23(27)31)13-15-5-3-9-24-12-15/h3,5,7-9,11-12,17,21,25H,4,6,10,13-14H2,1-2H3,(H,26,29). The van der Waals surface area contributed by atoms with Crippen molar-refractivity contribution in [1.82, 2.24) is 20.1 Å². The van der Waals surface area contributed by atoms with E-state index >= 15 is 0 Å². The Hall–Kier alpha value is -3.66. The first-order valence-electron chi connectivity index (χ1n) is 10.8. The molecule has 2 saturated heterocycles. The Labute approximate surface area is 191 Å². The molecule has 0 bridgehead atoms. The van der Waals surface area contributed by atoms with Gasteiger partial charge in [-0.15, -0.1) is 0 Å². The highest BCUT2D eigenvalue weighted by molar-refractivity contribution is 6.02. The maximum absolute atomic E-state index is 13.3. The molecule has 1 aromatic heterocycles. The summed E-state index contributed by atoms with van der Waals surface area (Å²) >= 11 is 0. The number of rotatable bonds is 7. The summed E-state index contributed by atoms with van der Waals surface area (Å²) in [6, 6.07) is 7.21. The molecule has 0 aliphatic carbocycles. The van der Waals surface area contributed by atoms with Gasteiger partial charge in [0.15, 0.2) is 11.5 Å². The Morgan fingerprint density at radius 1 is 1.21 bits per heavy atom. The van der Waals surface area contributed by atoms with E-state index in [0.29, 0.717) is 30.2 Å². The third kappa shape index (κ3) is 4.75. The predicted octanol–water partition coefficient (Wildman–Crippen LogP) is 1.62. The molecule has 10 nitrogen and oxygen atoms in total. The molecule has 2 N–H and O–H groups in total. The number of pyridine rings is 1. The maximum atomic E-state index is 13.3. The molecule has 0 saturated carbocycles. The zero-order chi connectivity index (χ0) is 23.4. The number of ether oxygens (including phenoxy) is 2. The Morgan fingerprint density at radius 2 is 2.03 bits per heavy atom. The minimum Gasteiger partial charge on any atom is -0.493 e. The number of benzene rings is 1. The lowest BCUT2D eigenvalue weighted by atomic mass is 9.93. The number of aromatic nitrogens is 1. The van der Waals surface area contributed by atoms with Crippen LogP contribution in [-0.4, -0.2) is 72.0 Å². The largest absolute Gasteiger partial charge is 0.493 e. The first-order valence-corrected chi connectivity index (χ1v) is 10.8. The summed E-state index contributed by atoms with van der Waals surface area (Å²) in [5.41, 5.74) is 1.26. The molecule has 174 valence electrons. The van der Waals surface area contributed by atoms with E-state index in [2.05, 4.69) is 15.6 Å². The van der Waals surface area contributed by atoms with E-state index in [0.717, 1.165) is 12.0 Å². The Balaban J connectivity index is 1.52. The fraction of sp³-hybridized carbons (Fsp3) is 0.391. The molecule has 2 fully saturated rings. The number of nitrogens with one attached hydrogen (secondary N) is 2. The van der Waals surface area contributed by atoms with Crippen LogP contribution in [0.15, 0.2) is 42.7 Å². The summed E-state index contributed by atoms with van der Waals surface area (Å²) in [4.78, 5) is 46.1. The molecule has 33 heavy (non-hydrogen) atoms. The first-order chi connectivity index (χ1) is 16.0. The molecule has 2 aliphatic rings. The van der Waals surface area contributed by atoms with Crippen molar-refractivity contribution in [3.8, 4) is 11.5 Å². The third-order valence-corrected chi connectivity index (χ3v) is 5.88. The number of methoxy groups -OCH3 is 2. The van der Waals surface area contributed by atoms with E-state index in [-0.39, 0.29) is 30.9 Å². The van der Waals surface area contributed by atoms with Gasteiger partial charge in [-0.3, -0.25) is 19.5 Å². The number of hydrogen-bond acceptors (Lipinski definition) is 7. The average molecular weight is 453 g/mol. The van der Waals surface area contributed by atoms with Crippen LogP contribution >= 0.6 is 0 Å². The quantitative estimate of drug-likeness (QED) is 0.655.